The lowest BCUT2D eigenvalue weighted by atomic mass is 9.91. The van der Waals surface area contributed by atoms with Gasteiger partial charge in [0.1, 0.15) is 5.82 Å². The quantitative estimate of drug-likeness (QED) is 0.681. The summed E-state index contributed by atoms with van der Waals surface area (Å²) in [5.41, 5.74) is -3.44. The number of alkyl halides is 3. The normalized spacial score (nSPS) is 14.9. The van der Waals surface area contributed by atoms with Crippen molar-refractivity contribution in [1.82, 2.24) is 0 Å². The highest BCUT2D eigenvalue weighted by molar-refractivity contribution is 5.80. The van der Waals surface area contributed by atoms with Crippen LogP contribution in [0.5, 0.6) is 0 Å². The fraction of sp³-hybridized carbons (Fsp3) is 0.417. The van der Waals surface area contributed by atoms with Gasteiger partial charge in [-0.1, -0.05) is 6.07 Å². The maximum Gasteiger partial charge on any atom is 0.428 e. The Bertz CT molecular complexity index is 484. The first-order valence-electron chi connectivity index (χ1n) is 5.24. The summed E-state index contributed by atoms with van der Waals surface area (Å²) in [6.45, 7) is 1.38. The summed E-state index contributed by atoms with van der Waals surface area (Å²) in [6, 6.07) is 3.06. The molecule has 0 fully saturated rings. The smallest absolute Gasteiger partial charge is 0.428 e. The van der Waals surface area contributed by atoms with Crippen LogP contribution in [0.4, 0.5) is 17.6 Å². The van der Waals surface area contributed by atoms with E-state index in [0.29, 0.717) is 0 Å². The third kappa shape index (κ3) is 3.04. The van der Waals surface area contributed by atoms with Crippen molar-refractivity contribution in [2.24, 2.45) is 0 Å². The van der Waals surface area contributed by atoms with E-state index < -0.39 is 30.0 Å². The number of carbonyl (C=O) groups is 1. The molecule has 0 aliphatic rings. The fourth-order valence-electron chi connectivity index (χ4n) is 1.59. The predicted molar refractivity (Wildman–Crippen MR) is 57.9 cm³/mol. The van der Waals surface area contributed by atoms with Gasteiger partial charge in [-0.05, 0) is 30.2 Å². The molecule has 0 aliphatic carbocycles. The Balaban J connectivity index is 3.19. The van der Waals surface area contributed by atoms with Gasteiger partial charge in [-0.25, -0.2) is 9.18 Å². The Hall–Kier alpha value is -1.63. The van der Waals surface area contributed by atoms with Crippen LogP contribution in [0.15, 0.2) is 18.2 Å². The SMILES string of the molecule is COC(=O)C(O)(Cc1ccc(F)cc1C)C(F)(F)F. The Labute approximate surface area is 106 Å². The van der Waals surface area contributed by atoms with E-state index in [0.717, 1.165) is 25.3 Å². The van der Waals surface area contributed by atoms with E-state index in [9.17, 15) is 27.5 Å². The van der Waals surface area contributed by atoms with Crippen molar-refractivity contribution in [2.45, 2.75) is 25.1 Å². The number of halogens is 4. The standard InChI is InChI=1S/C12H12F4O3/c1-7-5-9(13)4-3-8(7)6-11(18,10(17)19-2)12(14,15)16/h3-5,18H,6H2,1-2H3. The van der Waals surface area contributed by atoms with Crippen LogP contribution in [0.1, 0.15) is 11.1 Å². The Morgan fingerprint density at radius 2 is 1.95 bits per heavy atom. The molecule has 1 aromatic rings. The Morgan fingerprint density at radius 3 is 2.37 bits per heavy atom. The number of benzene rings is 1. The van der Waals surface area contributed by atoms with Crippen molar-refractivity contribution in [3.05, 3.63) is 35.1 Å². The van der Waals surface area contributed by atoms with E-state index in [1.54, 1.807) is 0 Å². The highest BCUT2D eigenvalue weighted by Gasteiger charge is 2.60. The molecular weight excluding hydrogens is 268 g/mol. The van der Waals surface area contributed by atoms with Crippen molar-refractivity contribution < 1.29 is 32.2 Å². The molecule has 7 heteroatoms. The van der Waals surface area contributed by atoms with Gasteiger partial charge in [-0.3, -0.25) is 0 Å². The lowest BCUT2D eigenvalue weighted by Crippen LogP contribution is -2.54. The lowest BCUT2D eigenvalue weighted by molar-refractivity contribution is -0.261. The van der Waals surface area contributed by atoms with E-state index >= 15 is 0 Å². The number of ether oxygens (including phenoxy) is 1. The number of carbonyl (C=O) groups excluding carboxylic acids is 1. The molecule has 0 saturated heterocycles. The largest absolute Gasteiger partial charge is 0.467 e. The van der Waals surface area contributed by atoms with E-state index in [1.165, 1.54) is 6.92 Å². The zero-order valence-corrected chi connectivity index (χ0v) is 10.2. The molecule has 0 heterocycles. The molecule has 0 aromatic heterocycles. The summed E-state index contributed by atoms with van der Waals surface area (Å²) in [5, 5.41) is 9.57. The summed E-state index contributed by atoms with van der Waals surface area (Å²) < 4.78 is 55.3. The van der Waals surface area contributed by atoms with Crippen LogP contribution in [-0.2, 0) is 16.0 Å². The molecule has 0 spiro atoms. The highest BCUT2D eigenvalue weighted by atomic mass is 19.4. The van der Waals surface area contributed by atoms with Crippen LogP contribution >= 0.6 is 0 Å². The molecule has 0 aliphatic heterocycles. The fourth-order valence-corrected chi connectivity index (χ4v) is 1.59. The second-order valence-corrected chi connectivity index (χ2v) is 4.10. The maximum absolute atomic E-state index is 12.9. The van der Waals surface area contributed by atoms with Crippen molar-refractivity contribution in [2.75, 3.05) is 7.11 Å². The van der Waals surface area contributed by atoms with E-state index in [4.69, 9.17) is 0 Å². The molecule has 106 valence electrons. The van der Waals surface area contributed by atoms with Gasteiger partial charge < -0.3 is 9.84 Å². The third-order valence-corrected chi connectivity index (χ3v) is 2.74. The predicted octanol–water partition coefficient (Wildman–Crippen LogP) is 2.14. The molecule has 1 rings (SSSR count). The average Bonchev–Trinajstić information content (AvgIpc) is 2.30. The number of esters is 1. The monoisotopic (exact) mass is 280 g/mol. The number of rotatable bonds is 3. The molecule has 1 N–H and O–H groups in total. The van der Waals surface area contributed by atoms with Crippen LogP contribution in [0.3, 0.4) is 0 Å². The molecule has 0 amide bonds. The van der Waals surface area contributed by atoms with Gasteiger partial charge in [-0.2, -0.15) is 13.2 Å². The minimum absolute atomic E-state index is 0.00613. The van der Waals surface area contributed by atoms with Crippen molar-refractivity contribution >= 4 is 5.97 Å². The van der Waals surface area contributed by atoms with Crippen LogP contribution < -0.4 is 0 Å². The number of aliphatic hydroxyl groups is 1. The zero-order chi connectivity index (χ0) is 14.8. The Kier molecular flexibility index (Phi) is 4.19. The van der Waals surface area contributed by atoms with E-state index in [1.807, 2.05) is 0 Å². The molecular formula is C12H12F4O3. The topological polar surface area (TPSA) is 46.5 Å². The van der Waals surface area contributed by atoms with Crippen molar-refractivity contribution in [3.63, 3.8) is 0 Å². The zero-order valence-electron chi connectivity index (χ0n) is 10.2. The van der Waals surface area contributed by atoms with Crippen LogP contribution in [0.25, 0.3) is 0 Å². The molecule has 1 unspecified atom stereocenters. The minimum Gasteiger partial charge on any atom is -0.467 e. The first-order valence-corrected chi connectivity index (χ1v) is 5.24. The summed E-state index contributed by atoms with van der Waals surface area (Å²) in [4.78, 5) is 11.2. The minimum atomic E-state index is -5.19. The van der Waals surface area contributed by atoms with Gasteiger partial charge >= 0.3 is 12.1 Å². The molecule has 0 radical (unpaired) electrons. The molecule has 0 saturated carbocycles. The van der Waals surface area contributed by atoms with Gasteiger partial charge in [0.05, 0.1) is 7.11 Å². The number of hydrogen-bond acceptors (Lipinski definition) is 3. The van der Waals surface area contributed by atoms with Gasteiger partial charge in [-0.15, -0.1) is 0 Å². The number of aryl methyl sites for hydroxylation is 1. The van der Waals surface area contributed by atoms with E-state index in [-0.39, 0.29) is 11.1 Å². The average molecular weight is 280 g/mol. The van der Waals surface area contributed by atoms with Gasteiger partial charge in [0.2, 0.25) is 0 Å². The number of hydrogen-bond donors (Lipinski definition) is 1. The molecule has 0 bridgehead atoms. The maximum atomic E-state index is 12.9. The second kappa shape index (κ2) is 5.16. The molecule has 1 aromatic carbocycles. The van der Waals surface area contributed by atoms with Gasteiger partial charge in [0.25, 0.3) is 5.60 Å². The second-order valence-electron chi connectivity index (χ2n) is 4.10. The van der Waals surface area contributed by atoms with Gasteiger partial charge in [0.15, 0.2) is 0 Å². The van der Waals surface area contributed by atoms with Crippen LogP contribution in [-0.4, -0.2) is 30.0 Å². The van der Waals surface area contributed by atoms with E-state index in [2.05, 4.69) is 4.74 Å². The molecule has 3 nitrogen and oxygen atoms in total. The summed E-state index contributed by atoms with van der Waals surface area (Å²) in [6.07, 6.45) is -6.23. The number of methoxy groups -OCH3 is 1. The van der Waals surface area contributed by atoms with Crippen molar-refractivity contribution in [3.8, 4) is 0 Å². The molecule has 1 atom stereocenters. The first kappa shape index (κ1) is 15.4. The van der Waals surface area contributed by atoms with Crippen molar-refractivity contribution in [1.29, 1.82) is 0 Å². The highest BCUT2D eigenvalue weighted by Crippen LogP contribution is 2.35. The van der Waals surface area contributed by atoms with Crippen LogP contribution in [0, 0.1) is 12.7 Å². The lowest BCUT2D eigenvalue weighted by Gasteiger charge is -2.28. The summed E-state index contributed by atoms with van der Waals surface area (Å²) in [7, 11) is 0.747. The van der Waals surface area contributed by atoms with Gasteiger partial charge in [0, 0.05) is 6.42 Å². The first-order chi connectivity index (χ1) is 8.61. The molecule has 19 heavy (non-hydrogen) atoms. The Morgan fingerprint density at radius 1 is 1.37 bits per heavy atom. The summed E-state index contributed by atoms with van der Waals surface area (Å²) in [5.74, 6) is -2.42. The summed E-state index contributed by atoms with van der Waals surface area (Å²) >= 11 is 0. The third-order valence-electron chi connectivity index (χ3n) is 2.74. The van der Waals surface area contributed by atoms with Crippen LogP contribution in [0.2, 0.25) is 0 Å².